The molecule has 18 heavy (non-hydrogen) atoms. The minimum Gasteiger partial charge on any atom is -0.313 e. The third-order valence-corrected chi connectivity index (χ3v) is 5.28. The molecule has 3 heteroatoms. The number of piperidine rings is 1. The van der Waals surface area contributed by atoms with E-state index in [9.17, 15) is 0 Å². The molecule has 1 N–H and O–H groups in total. The summed E-state index contributed by atoms with van der Waals surface area (Å²) in [5.41, 5.74) is 0. The van der Waals surface area contributed by atoms with Crippen molar-refractivity contribution in [3.8, 4) is 0 Å². The van der Waals surface area contributed by atoms with E-state index in [1.165, 1.54) is 64.7 Å². The third kappa shape index (κ3) is 2.59. The minimum atomic E-state index is 0.769. The Morgan fingerprint density at radius 2 is 1.83 bits per heavy atom. The quantitative estimate of drug-likeness (QED) is 0.823. The molecule has 0 aromatic heterocycles. The summed E-state index contributed by atoms with van der Waals surface area (Å²) in [6.45, 7) is 8.70. The molecule has 104 valence electrons. The van der Waals surface area contributed by atoms with Crippen LogP contribution in [0.5, 0.6) is 0 Å². The van der Waals surface area contributed by atoms with Crippen LogP contribution >= 0.6 is 0 Å². The fourth-order valence-corrected chi connectivity index (χ4v) is 4.36. The van der Waals surface area contributed by atoms with Crippen molar-refractivity contribution < 1.29 is 0 Å². The maximum absolute atomic E-state index is 3.71. The molecule has 1 saturated carbocycles. The predicted molar refractivity (Wildman–Crippen MR) is 75.9 cm³/mol. The van der Waals surface area contributed by atoms with Gasteiger partial charge < -0.3 is 5.32 Å². The van der Waals surface area contributed by atoms with E-state index < -0.39 is 0 Å². The summed E-state index contributed by atoms with van der Waals surface area (Å²) in [6.07, 6.45) is 8.56. The zero-order valence-corrected chi connectivity index (χ0v) is 11.9. The van der Waals surface area contributed by atoms with Crippen molar-refractivity contribution in [2.24, 2.45) is 0 Å². The summed E-state index contributed by atoms with van der Waals surface area (Å²) < 4.78 is 0. The Kier molecular flexibility index (Phi) is 4.22. The molecule has 3 fully saturated rings. The Bertz CT molecular complexity index is 268. The van der Waals surface area contributed by atoms with Gasteiger partial charge in [0.1, 0.15) is 0 Å². The van der Waals surface area contributed by atoms with E-state index in [0.29, 0.717) is 0 Å². The van der Waals surface area contributed by atoms with E-state index in [-0.39, 0.29) is 0 Å². The highest BCUT2D eigenvalue weighted by Gasteiger charge is 2.36. The van der Waals surface area contributed by atoms with Crippen LogP contribution in [0.25, 0.3) is 0 Å². The molecule has 3 aliphatic rings. The molecule has 3 unspecified atom stereocenters. The Hall–Kier alpha value is -0.120. The van der Waals surface area contributed by atoms with Crippen LogP contribution in [0.4, 0.5) is 0 Å². The van der Waals surface area contributed by atoms with Crippen molar-refractivity contribution in [3.05, 3.63) is 0 Å². The molecule has 3 rings (SSSR count). The zero-order chi connectivity index (χ0) is 12.4. The van der Waals surface area contributed by atoms with Gasteiger partial charge in [-0.3, -0.25) is 9.80 Å². The average molecular weight is 251 g/mol. The normalized spacial score (nSPS) is 38.8. The van der Waals surface area contributed by atoms with Gasteiger partial charge in [0.25, 0.3) is 0 Å². The van der Waals surface area contributed by atoms with Gasteiger partial charge in [0.2, 0.25) is 0 Å². The summed E-state index contributed by atoms with van der Waals surface area (Å²) in [7, 11) is 0. The molecule has 0 radical (unpaired) electrons. The van der Waals surface area contributed by atoms with Crippen LogP contribution < -0.4 is 5.32 Å². The molecular weight excluding hydrogens is 222 g/mol. The second-order valence-corrected chi connectivity index (χ2v) is 6.34. The number of hydrogen-bond donors (Lipinski definition) is 1. The summed E-state index contributed by atoms with van der Waals surface area (Å²) in [5.74, 6) is 0. The Morgan fingerprint density at radius 1 is 0.944 bits per heavy atom. The van der Waals surface area contributed by atoms with E-state index in [1.807, 2.05) is 0 Å². The molecule has 0 bridgehead atoms. The van der Waals surface area contributed by atoms with Gasteiger partial charge >= 0.3 is 0 Å². The number of hydrogen-bond acceptors (Lipinski definition) is 3. The molecule has 2 heterocycles. The van der Waals surface area contributed by atoms with E-state index in [2.05, 4.69) is 22.0 Å². The Morgan fingerprint density at radius 3 is 2.72 bits per heavy atom. The van der Waals surface area contributed by atoms with Gasteiger partial charge in [0.15, 0.2) is 0 Å². The molecule has 2 saturated heterocycles. The molecule has 1 aliphatic carbocycles. The maximum Gasteiger partial charge on any atom is 0.0250 e. The molecular formula is C15H29N3. The van der Waals surface area contributed by atoms with Crippen molar-refractivity contribution in [2.75, 3.05) is 32.7 Å². The predicted octanol–water partition coefficient (Wildman–Crippen LogP) is 1.69. The van der Waals surface area contributed by atoms with Crippen LogP contribution in [0.2, 0.25) is 0 Å². The number of likely N-dealkylation sites (N-methyl/N-ethyl adjacent to an activating group) is 1. The van der Waals surface area contributed by atoms with Crippen molar-refractivity contribution in [2.45, 2.75) is 63.6 Å². The largest absolute Gasteiger partial charge is 0.313 e. The summed E-state index contributed by atoms with van der Waals surface area (Å²) >= 11 is 0. The van der Waals surface area contributed by atoms with Crippen LogP contribution in [0.15, 0.2) is 0 Å². The van der Waals surface area contributed by atoms with Gasteiger partial charge in [-0.1, -0.05) is 19.8 Å². The second kappa shape index (κ2) is 5.89. The lowest BCUT2D eigenvalue weighted by Gasteiger charge is -2.47. The molecule has 0 amide bonds. The van der Waals surface area contributed by atoms with E-state index >= 15 is 0 Å². The van der Waals surface area contributed by atoms with Crippen LogP contribution in [0, 0.1) is 0 Å². The highest BCUT2D eigenvalue weighted by molar-refractivity contribution is 4.95. The highest BCUT2D eigenvalue weighted by Crippen LogP contribution is 2.28. The van der Waals surface area contributed by atoms with Crippen molar-refractivity contribution >= 4 is 0 Å². The van der Waals surface area contributed by atoms with Gasteiger partial charge in [0.05, 0.1) is 0 Å². The SMILES string of the molecule is CCNC1CCCC1N1CCN2CCCCC2C1. The number of fused-ring (bicyclic) bond motifs is 1. The fourth-order valence-electron chi connectivity index (χ4n) is 4.36. The number of nitrogens with one attached hydrogen (secondary N) is 1. The molecule has 3 nitrogen and oxygen atoms in total. The van der Waals surface area contributed by atoms with Crippen LogP contribution in [-0.4, -0.2) is 60.6 Å². The lowest BCUT2D eigenvalue weighted by atomic mass is 9.97. The van der Waals surface area contributed by atoms with Crippen LogP contribution in [0.3, 0.4) is 0 Å². The first-order chi connectivity index (χ1) is 8.88. The van der Waals surface area contributed by atoms with Gasteiger partial charge in [-0.15, -0.1) is 0 Å². The Balaban J connectivity index is 1.59. The lowest BCUT2D eigenvalue weighted by molar-refractivity contribution is 0.0229. The summed E-state index contributed by atoms with van der Waals surface area (Å²) in [6, 6.07) is 2.47. The minimum absolute atomic E-state index is 0.769. The number of piperazine rings is 1. The standard InChI is InChI=1S/C15H29N3/c1-2-16-14-7-5-8-15(14)18-11-10-17-9-4-3-6-13(17)12-18/h13-16H,2-12H2,1H3. The molecule has 0 spiro atoms. The van der Waals surface area contributed by atoms with Crippen LogP contribution in [0.1, 0.15) is 45.4 Å². The van der Waals surface area contributed by atoms with Gasteiger partial charge in [-0.25, -0.2) is 0 Å². The highest BCUT2D eigenvalue weighted by atomic mass is 15.3. The Labute approximate surface area is 112 Å². The van der Waals surface area contributed by atoms with Crippen LogP contribution in [-0.2, 0) is 0 Å². The summed E-state index contributed by atoms with van der Waals surface area (Å²) in [5, 5.41) is 3.71. The van der Waals surface area contributed by atoms with Crippen molar-refractivity contribution in [1.82, 2.24) is 15.1 Å². The summed E-state index contributed by atoms with van der Waals surface area (Å²) in [4.78, 5) is 5.56. The first-order valence-corrected chi connectivity index (χ1v) is 8.10. The molecule has 3 atom stereocenters. The second-order valence-electron chi connectivity index (χ2n) is 6.34. The zero-order valence-electron chi connectivity index (χ0n) is 11.9. The smallest absolute Gasteiger partial charge is 0.0250 e. The van der Waals surface area contributed by atoms with Gasteiger partial charge in [0, 0.05) is 37.8 Å². The van der Waals surface area contributed by atoms with Crippen molar-refractivity contribution in [1.29, 1.82) is 0 Å². The average Bonchev–Trinajstić information content (AvgIpc) is 2.87. The van der Waals surface area contributed by atoms with E-state index in [4.69, 9.17) is 0 Å². The van der Waals surface area contributed by atoms with E-state index in [1.54, 1.807) is 0 Å². The number of nitrogens with zero attached hydrogens (tertiary/aromatic N) is 2. The van der Waals surface area contributed by atoms with E-state index in [0.717, 1.165) is 24.7 Å². The maximum atomic E-state index is 3.71. The van der Waals surface area contributed by atoms with Gasteiger partial charge in [-0.2, -0.15) is 0 Å². The first-order valence-electron chi connectivity index (χ1n) is 8.10. The fraction of sp³-hybridized carbons (Fsp3) is 1.00. The number of rotatable bonds is 3. The van der Waals surface area contributed by atoms with Crippen molar-refractivity contribution in [3.63, 3.8) is 0 Å². The monoisotopic (exact) mass is 251 g/mol. The lowest BCUT2D eigenvalue weighted by Crippen LogP contribution is -2.59. The van der Waals surface area contributed by atoms with Gasteiger partial charge in [-0.05, 0) is 38.8 Å². The first kappa shape index (κ1) is 12.9. The molecule has 0 aromatic carbocycles. The topological polar surface area (TPSA) is 18.5 Å². The third-order valence-electron chi connectivity index (χ3n) is 5.28. The molecule has 2 aliphatic heterocycles. The molecule has 0 aromatic rings.